The molecule has 2 heterocycles. The molecule has 19 heteroatoms. The van der Waals surface area contributed by atoms with Gasteiger partial charge in [0.05, 0.1) is 48.1 Å². The Morgan fingerprint density at radius 3 is 2.03 bits per heavy atom. The Morgan fingerprint density at radius 1 is 0.879 bits per heavy atom. The highest BCUT2D eigenvalue weighted by atomic mass is 16.7. The molecule has 1 fully saturated rings. The van der Waals surface area contributed by atoms with Crippen LogP contribution >= 0.6 is 0 Å². The average Bonchev–Trinajstić information content (AvgIpc) is 3.37. The van der Waals surface area contributed by atoms with Gasteiger partial charge in [-0.05, 0) is 79.4 Å². The van der Waals surface area contributed by atoms with Gasteiger partial charge in [0.2, 0.25) is 5.91 Å². The Balaban J connectivity index is 0.000000274. The van der Waals surface area contributed by atoms with E-state index < -0.39 is 74.3 Å². The molecule has 0 spiro atoms. The number of nitrogens with zero attached hydrogens (tertiary/aromatic N) is 2. The summed E-state index contributed by atoms with van der Waals surface area (Å²) in [7, 11) is 8.79. The monoisotopic (exact) mass is 826 g/mol. The number of likely N-dealkylation sites (N-methyl/N-ethyl adjacent to an activating group) is 1. The summed E-state index contributed by atoms with van der Waals surface area (Å²) in [5, 5.41) is 84.5. The fourth-order valence-electron chi connectivity index (χ4n) is 7.31. The molecule has 19 nitrogen and oxygen atoms in total. The number of methoxy groups -OCH3 is 4. The van der Waals surface area contributed by atoms with Crippen molar-refractivity contribution in [2.75, 3.05) is 74.9 Å². The summed E-state index contributed by atoms with van der Waals surface area (Å²) < 4.78 is 31.7. The Labute approximate surface area is 336 Å². The van der Waals surface area contributed by atoms with Crippen molar-refractivity contribution in [3.63, 3.8) is 0 Å². The van der Waals surface area contributed by atoms with E-state index in [0.717, 1.165) is 68.3 Å². The number of aliphatic hydroxyl groups excluding tert-OH is 8. The first-order chi connectivity index (χ1) is 27.6. The third-order valence-corrected chi connectivity index (χ3v) is 10.7. The van der Waals surface area contributed by atoms with Crippen molar-refractivity contribution in [1.29, 1.82) is 0 Å². The van der Waals surface area contributed by atoms with Gasteiger partial charge in [-0.3, -0.25) is 4.79 Å². The van der Waals surface area contributed by atoms with Crippen LogP contribution in [-0.2, 0) is 38.3 Å². The van der Waals surface area contributed by atoms with Crippen LogP contribution < -0.4 is 18.9 Å². The number of carbonyl (C=O) groups is 2. The third kappa shape index (κ3) is 11.0. The molecule has 5 rings (SSSR count). The van der Waals surface area contributed by atoms with Crippen LogP contribution in [0, 0.1) is 0 Å². The van der Waals surface area contributed by atoms with Crippen LogP contribution in [-0.4, -0.2) is 198 Å². The molecule has 0 radical (unpaired) electrons. The molecule has 58 heavy (non-hydrogen) atoms. The van der Waals surface area contributed by atoms with Crippen LogP contribution in [0.2, 0.25) is 0 Å². The second-order valence-electron chi connectivity index (χ2n) is 14.5. The van der Waals surface area contributed by atoms with Crippen molar-refractivity contribution in [3.05, 3.63) is 46.5 Å². The number of ether oxygens (including phenoxy) is 6. The molecule has 9 N–H and O–H groups in total. The Morgan fingerprint density at radius 2 is 1.47 bits per heavy atom. The summed E-state index contributed by atoms with van der Waals surface area (Å²) in [6.07, 6.45) is -13.7. The molecule has 2 aromatic carbocycles. The highest BCUT2D eigenvalue weighted by Gasteiger charge is 2.47. The largest absolute Gasteiger partial charge is 0.493 e. The molecule has 1 saturated heterocycles. The van der Waals surface area contributed by atoms with Crippen LogP contribution in [0.15, 0.2) is 24.3 Å². The molecule has 10 atom stereocenters. The first kappa shape index (κ1) is 46.8. The van der Waals surface area contributed by atoms with Gasteiger partial charge >= 0.3 is 5.97 Å². The number of amides is 1. The number of hydrogen-bond acceptors (Lipinski definition) is 17. The molecule has 2 aromatic rings. The molecule has 326 valence electrons. The van der Waals surface area contributed by atoms with E-state index in [1.807, 2.05) is 17.0 Å². The maximum absolute atomic E-state index is 12.9. The molecular weight excluding hydrogens is 768 g/mol. The second kappa shape index (κ2) is 21.4. The summed E-state index contributed by atoms with van der Waals surface area (Å²) in [5.74, 6) is 1.85. The van der Waals surface area contributed by atoms with Crippen LogP contribution in [0.3, 0.4) is 0 Å². The molecule has 0 saturated carbocycles. The number of fused-ring (bicyclic) bond motifs is 2. The van der Waals surface area contributed by atoms with Crippen molar-refractivity contribution < 1.29 is 84.0 Å². The smallest absolute Gasteiger partial charge is 0.335 e. The minimum atomic E-state index is -2.39. The normalized spacial score (nSPS) is 24.8. The number of carboxylic acid groups (broad SMARTS) is 1. The van der Waals surface area contributed by atoms with E-state index in [0.29, 0.717) is 18.1 Å². The molecule has 0 aromatic heterocycles. The van der Waals surface area contributed by atoms with E-state index in [4.69, 9.17) is 43.7 Å². The topological polar surface area (TPSA) is 278 Å². The molecule has 0 bridgehead atoms. The summed E-state index contributed by atoms with van der Waals surface area (Å²) in [4.78, 5) is 28.0. The van der Waals surface area contributed by atoms with Gasteiger partial charge in [0.1, 0.15) is 42.7 Å². The number of aliphatic carboxylic acids is 1. The number of rotatable bonds is 18. The van der Waals surface area contributed by atoms with E-state index in [1.54, 1.807) is 28.4 Å². The third-order valence-electron chi connectivity index (χ3n) is 10.7. The van der Waals surface area contributed by atoms with Crippen LogP contribution in [0.4, 0.5) is 0 Å². The van der Waals surface area contributed by atoms with Crippen LogP contribution in [0.5, 0.6) is 23.0 Å². The number of carboxylic acids is 1. The molecular formula is C39H58N2O17. The maximum atomic E-state index is 12.9. The van der Waals surface area contributed by atoms with Gasteiger partial charge < -0.3 is 84.2 Å². The second-order valence-corrected chi connectivity index (χ2v) is 14.5. The van der Waals surface area contributed by atoms with E-state index in [1.165, 1.54) is 16.7 Å². The van der Waals surface area contributed by atoms with Crippen molar-refractivity contribution in [2.45, 2.75) is 86.7 Å². The fourth-order valence-corrected chi connectivity index (χ4v) is 7.31. The Kier molecular flexibility index (Phi) is 17.3. The molecule has 1 aliphatic carbocycles. The van der Waals surface area contributed by atoms with Gasteiger partial charge in [-0.1, -0.05) is 0 Å². The fraction of sp³-hybridized carbons (Fsp3) is 0.641. The van der Waals surface area contributed by atoms with Crippen molar-refractivity contribution in [1.82, 2.24) is 9.80 Å². The van der Waals surface area contributed by atoms with Crippen LogP contribution in [0.1, 0.15) is 34.6 Å². The molecule has 1 amide bonds. The van der Waals surface area contributed by atoms with E-state index >= 15 is 0 Å². The number of benzene rings is 2. The summed E-state index contributed by atoms with van der Waals surface area (Å²) in [5.41, 5.74) is 4.91. The van der Waals surface area contributed by atoms with Crippen molar-refractivity contribution in [3.8, 4) is 23.0 Å². The van der Waals surface area contributed by atoms with Crippen LogP contribution in [0.25, 0.3) is 0 Å². The minimum Gasteiger partial charge on any atom is -0.493 e. The lowest BCUT2D eigenvalue weighted by Gasteiger charge is -2.42. The molecule has 0 unspecified atom stereocenters. The number of hydrogen-bond donors (Lipinski definition) is 9. The lowest BCUT2D eigenvalue weighted by molar-refractivity contribution is -0.326. The lowest BCUT2D eigenvalue weighted by atomic mass is 9.77. The van der Waals surface area contributed by atoms with Gasteiger partial charge in [-0.2, -0.15) is 0 Å². The first-order valence-electron chi connectivity index (χ1n) is 18.9. The van der Waals surface area contributed by atoms with Gasteiger partial charge in [-0.25, -0.2) is 4.79 Å². The maximum Gasteiger partial charge on any atom is 0.335 e. The average molecular weight is 827 g/mol. The summed E-state index contributed by atoms with van der Waals surface area (Å²) >= 11 is 0. The van der Waals surface area contributed by atoms with Gasteiger partial charge in [0, 0.05) is 25.6 Å². The zero-order chi connectivity index (χ0) is 42.8. The van der Waals surface area contributed by atoms with Gasteiger partial charge in [-0.15, -0.1) is 0 Å². The van der Waals surface area contributed by atoms with Gasteiger partial charge in [0.15, 0.2) is 35.4 Å². The lowest BCUT2D eigenvalue weighted by Crippen LogP contribution is -2.61. The predicted octanol–water partition coefficient (Wildman–Crippen LogP) is -2.36. The predicted molar refractivity (Wildman–Crippen MR) is 203 cm³/mol. The van der Waals surface area contributed by atoms with Crippen molar-refractivity contribution >= 4 is 11.9 Å². The zero-order valence-corrected chi connectivity index (χ0v) is 33.3. The molecule has 3 aliphatic rings. The highest BCUT2D eigenvalue weighted by molar-refractivity contribution is 5.80. The quantitative estimate of drug-likeness (QED) is 0.0760. The van der Waals surface area contributed by atoms with E-state index in [9.17, 15) is 40.2 Å². The summed E-state index contributed by atoms with van der Waals surface area (Å²) in [6.45, 7) is 1.71. The Hall–Kier alpha value is -3.86. The number of aliphatic hydroxyl groups is 8. The highest BCUT2D eigenvalue weighted by Crippen LogP contribution is 2.42. The minimum absolute atomic E-state index is 0.183. The standard InChI is InChI=1S/C27H36N2O5.C12H22O12/c1-28(17-21-11-20-14-25(33-4)26(34-5)16-22(20)21)8-6-9-29-10-7-18-12-23(31-2)24(32-3)13-19(18)15-27(29)30;13-1-3(15)10(7(18)8(19)11(21)22)24-12-9(20)6(17)5(16)4(2-14)23-12/h12-14,16,21H,6-11,15,17H2,1-5H3;3-10,12-20H,1-2H2,(H,21,22)/t21-;3-,4-,5+,6+,7-,8-,9-,10-,12+/m11/s1. The SMILES string of the molecule is COc1cc2c(cc1OC)CC(=O)N(CCCN(C)C[C@H]1Cc3cc(OC)c(OC)cc31)CC2.O=C(O)[C@H](O)[C@@H](O)[C@H](O[C@@H]1O[C@H](CO)[C@H](O)[C@H](O)[C@H]1O)[C@H](O)CO. The first-order valence-corrected chi connectivity index (χ1v) is 18.9. The molecule has 2 aliphatic heterocycles. The number of carbonyl (C=O) groups excluding carboxylic acids is 1. The zero-order valence-electron chi connectivity index (χ0n) is 33.3. The van der Waals surface area contributed by atoms with Gasteiger partial charge in [0.25, 0.3) is 0 Å². The van der Waals surface area contributed by atoms with E-state index in [2.05, 4.69) is 24.1 Å². The Bertz CT molecular complexity index is 1660. The summed E-state index contributed by atoms with van der Waals surface area (Å²) in [6, 6.07) is 8.18. The van der Waals surface area contributed by atoms with Crippen molar-refractivity contribution in [2.24, 2.45) is 0 Å². The van der Waals surface area contributed by atoms with E-state index in [-0.39, 0.29) is 5.91 Å².